The Morgan fingerprint density at radius 3 is 2.73 bits per heavy atom. The van der Waals surface area contributed by atoms with E-state index in [9.17, 15) is 9.18 Å². The van der Waals surface area contributed by atoms with E-state index < -0.39 is 0 Å². The molecule has 2 aromatic carbocycles. The van der Waals surface area contributed by atoms with Crippen molar-refractivity contribution in [2.24, 2.45) is 0 Å². The number of hydrogen-bond acceptors (Lipinski definition) is 3. The molecule has 1 aliphatic carbocycles. The maximum absolute atomic E-state index is 13.3. The molecule has 0 atom stereocenters. The Bertz CT molecular complexity index is 1000. The predicted molar refractivity (Wildman–Crippen MR) is 122 cm³/mol. The summed E-state index contributed by atoms with van der Waals surface area (Å²) in [6.07, 6.45) is 7.31. The second-order valence-corrected chi connectivity index (χ2v) is 8.80. The normalized spacial score (nSPS) is 18.7. The molecular weight excluding hydrogens is 467 g/mol. The van der Waals surface area contributed by atoms with Crippen molar-refractivity contribution >= 4 is 45.2 Å². The van der Waals surface area contributed by atoms with Gasteiger partial charge in [0, 0.05) is 6.04 Å². The highest BCUT2D eigenvalue weighted by Crippen LogP contribution is 2.30. The lowest BCUT2D eigenvalue weighted by Gasteiger charge is -2.29. The highest BCUT2D eigenvalue weighted by molar-refractivity contribution is 9.10. The molecule has 0 bridgehead atoms. The van der Waals surface area contributed by atoms with Crippen LogP contribution in [-0.4, -0.2) is 22.0 Å². The number of carbonyl (C=O) groups is 1. The molecular formula is C23H22BrFN2O2S. The molecule has 1 saturated heterocycles. The fourth-order valence-corrected chi connectivity index (χ4v) is 4.75. The van der Waals surface area contributed by atoms with Crippen molar-refractivity contribution in [3.05, 3.63) is 69.6 Å². The molecule has 0 unspecified atom stereocenters. The van der Waals surface area contributed by atoms with E-state index in [1.54, 1.807) is 17.0 Å². The van der Waals surface area contributed by atoms with Gasteiger partial charge >= 0.3 is 0 Å². The van der Waals surface area contributed by atoms with Gasteiger partial charge in [0.25, 0.3) is 5.91 Å². The van der Waals surface area contributed by atoms with Crippen molar-refractivity contribution in [2.75, 3.05) is 0 Å². The van der Waals surface area contributed by atoms with Gasteiger partial charge in [0.15, 0.2) is 5.11 Å². The van der Waals surface area contributed by atoms with Crippen LogP contribution in [-0.2, 0) is 11.4 Å². The fraction of sp³-hybridized carbons (Fsp3) is 0.304. The monoisotopic (exact) mass is 488 g/mol. The predicted octanol–water partition coefficient (Wildman–Crippen LogP) is 5.56. The summed E-state index contributed by atoms with van der Waals surface area (Å²) in [6, 6.07) is 12.1. The maximum Gasteiger partial charge on any atom is 0.276 e. The number of nitrogens with one attached hydrogen (secondary N) is 1. The summed E-state index contributed by atoms with van der Waals surface area (Å²) >= 11 is 8.94. The number of rotatable bonds is 5. The molecule has 0 radical (unpaired) electrons. The molecule has 0 spiro atoms. The van der Waals surface area contributed by atoms with E-state index in [4.69, 9.17) is 17.0 Å². The lowest BCUT2D eigenvalue weighted by atomic mass is 9.94. The molecule has 2 aliphatic rings. The zero-order chi connectivity index (χ0) is 21.1. The molecule has 30 heavy (non-hydrogen) atoms. The van der Waals surface area contributed by atoms with Gasteiger partial charge in [-0.25, -0.2) is 4.39 Å². The first-order valence-corrected chi connectivity index (χ1v) is 11.2. The number of nitrogens with zero attached hydrogens (tertiary/aromatic N) is 1. The topological polar surface area (TPSA) is 41.6 Å². The van der Waals surface area contributed by atoms with Gasteiger partial charge in [-0.2, -0.15) is 0 Å². The molecule has 156 valence electrons. The number of amides is 1. The number of benzene rings is 2. The Labute approximate surface area is 189 Å². The van der Waals surface area contributed by atoms with E-state index in [0.717, 1.165) is 41.3 Å². The average molecular weight is 489 g/mol. The minimum Gasteiger partial charge on any atom is -0.488 e. The van der Waals surface area contributed by atoms with Crippen LogP contribution in [0.15, 0.2) is 52.6 Å². The van der Waals surface area contributed by atoms with Crippen molar-refractivity contribution in [3.63, 3.8) is 0 Å². The van der Waals surface area contributed by atoms with Crippen LogP contribution in [0.3, 0.4) is 0 Å². The van der Waals surface area contributed by atoms with Gasteiger partial charge in [-0.05, 0) is 82.5 Å². The molecule has 1 heterocycles. The summed E-state index contributed by atoms with van der Waals surface area (Å²) in [5.41, 5.74) is 2.10. The number of halogens is 2. The Morgan fingerprint density at radius 2 is 2.00 bits per heavy atom. The van der Waals surface area contributed by atoms with Crippen LogP contribution in [0.1, 0.15) is 43.2 Å². The van der Waals surface area contributed by atoms with E-state index >= 15 is 0 Å². The largest absolute Gasteiger partial charge is 0.488 e. The Kier molecular flexibility index (Phi) is 6.49. The molecule has 1 amide bonds. The van der Waals surface area contributed by atoms with E-state index in [1.165, 1.54) is 18.6 Å². The highest BCUT2D eigenvalue weighted by Gasteiger charge is 2.36. The first-order chi connectivity index (χ1) is 14.5. The first-order valence-electron chi connectivity index (χ1n) is 10.0. The number of thiocarbonyl (C=S) groups is 1. The minimum atomic E-state index is -0.286. The third-order valence-electron chi connectivity index (χ3n) is 5.40. The Hall–Kier alpha value is -2.25. The molecule has 1 saturated carbocycles. The van der Waals surface area contributed by atoms with Gasteiger partial charge in [-0.3, -0.25) is 9.69 Å². The van der Waals surface area contributed by atoms with Crippen LogP contribution in [0.2, 0.25) is 0 Å². The quantitative estimate of drug-likeness (QED) is 0.441. The molecule has 2 fully saturated rings. The van der Waals surface area contributed by atoms with Crippen molar-refractivity contribution in [1.82, 2.24) is 10.2 Å². The Balaban J connectivity index is 1.45. The van der Waals surface area contributed by atoms with Gasteiger partial charge in [0.05, 0.1) is 4.47 Å². The van der Waals surface area contributed by atoms with Gasteiger partial charge in [0.1, 0.15) is 23.9 Å². The van der Waals surface area contributed by atoms with Crippen LogP contribution < -0.4 is 10.1 Å². The van der Waals surface area contributed by atoms with Gasteiger partial charge < -0.3 is 10.1 Å². The molecule has 1 N–H and O–H groups in total. The molecule has 4 nitrogen and oxygen atoms in total. The van der Waals surface area contributed by atoms with Gasteiger partial charge in [-0.1, -0.05) is 37.5 Å². The summed E-state index contributed by atoms with van der Waals surface area (Å²) in [7, 11) is 0. The maximum atomic E-state index is 13.3. The Morgan fingerprint density at radius 1 is 1.20 bits per heavy atom. The van der Waals surface area contributed by atoms with E-state index in [0.29, 0.717) is 16.6 Å². The summed E-state index contributed by atoms with van der Waals surface area (Å²) in [4.78, 5) is 14.6. The summed E-state index contributed by atoms with van der Waals surface area (Å²) in [5, 5.41) is 3.57. The molecule has 4 rings (SSSR count). The van der Waals surface area contributed by atoms with Crippen LogP contribution in [0, 0.1) is 5.82 Å². The standard InChI is InChI=1S/C23H22BrFN2O2S/c24-19-12-15(9-10-21(19)29-14-16-5-4-6-17(25)11-16)13-20-22(28)27(23(30)26-20)18-7-2-1-3-8-18/h4-6,9-13,18H,1-3,7-8,14H2,(H,26,30)/b20-13-. The van der Waals surface area contributed by atoms with Crippen molar-refractivity contribution in [3.8, 4) is 5.75 Å². The van der Waals surface area contributed by atoms with E-state index in [-0.39, 0.29) is 24.4 Å². The third-order valence-corrected chi connectivity index (χ3v) is 6.32. The van der Waals surface area contributed by atoms with E-state index in [2.05, 4.69) is 21.2 Å². The molecule has 1 aliphatic heterocycles. The SMILES string of the molecule is O=C1/C(=C/c2ccc(OCc3cccc(F)c3)c(Br)c2)NC(=S)N1C1CCCCC1. The third kappa shape index (κ3) is 4.73. The molecule has 7 heteroatoms. The summed E-state index contributed by atoms with van der Waals surface area (Å²) < 4.78 is 19.9. The summed E-state index contributed by atoms with van der Waals surface area (Å²) in [5.74, 6) is 0.298. The van der Waals surface area contributed by atoms with Gasteiger partial charge in [-0.15, -0.1) is 0 Å². The average Bonchev–Trinajstić information content (AvgIpc) is 3.01. The van der Waals surface area contributed by atoms with Crippen LogP contribution >= 0.6 is 28.1 Å². The van der Waals surface area contributed by atoms with Gasteiger partial charge in [0.2, 0.25) is 0 Å². The minimum absolute atomic E-state index is 0.0607. The zero-order valence-corrected chi connectivity index (χ0v) is 18.8. The van der Waals surface area contributed by atoms with Crippen molar-refractivity contribution in [2.45, 2.75) is 44.8 Å². The first kappa shape index (κ1) is 21.0. The number of hydrogen-bond donors (Lipinski definition) is 1. The van der Waals surface area contributed by atoms with E-state index in [1.807, 2.05) is 24.3 Å². The van der Waals surface area contributed by atoms with Crippen molar-refractivity contribution in [1.29, 1.82) is 0 Å². The second kappa shape index (κ2) is 9.27. The fourth-order valence-electron chi connectivity index (χ4n) is 3.90. The summed E-state index contributed by atoms with van der Waals surface area (Å²) in [6.45, 7) is 0.265. The lowest BCUT2D eigenvalue weighted by Crippen LogP contribution is -2.41. The molecule has 0 aromatic heterocycles. The highest BCUT2D eigenvalue weighted by atomic mass is 79.9. The van der Waals surface area contributed by atoms with Crippen LogP contribution in [0.5, 0.6) is 5.75 Å². The van der Waals surface area contributed by atoms with Crippen molar-refractivity contribution < 1.29 is 13.9 Å². The number of carbonyl (C=O) groups excluding carboxylic acids is 1. The van der Waals surface area contributed by atoms with Crippen LogP contribution in [0.25, 0.3) is 6.08 Å². The lowest BCUT2D eigenvalue weighted by molar-refractivity contribution is -0.124. The number of ether oxygens (including phenoxy) is 1. The smallest absolute Gasteiger partial charge is 0.276 e. The zero-order valence-electron chi connectivity index (χ0n) is 16.4. The molecule has 2 aromatic rings. The second-order valence-electron chi connectivity index (χ2n) is 7.56. The van der Waals surface area contributed by atoms with Crippen LogP contribution in [0.4, 0.5) is 4.39 Å².